The predicted octanol–water partition coefficient (Wildman–Crippen LogP) is 1.70. The minimum absolute atomic E-state index is 0.140. The van der Waals surface area contributed by atoms with Crippen LogP contribution in [0.15, 0.2) is 22.8 Å². The zero-order valence-electron chi connectivity index (χ0n) is 14.0. The Balaban J connectivity index is 1.49. The van der Waals surface area contributed by atoms with Crippen molar-refractivity contribution in [2.75, 3.05) is 26.2 Å². The number of hydrogen-bond donors (Lipinski definition) is 1. The molecule has 2 aromatic rings. The lowest BCUT2D eigenvalue weighted by molar-refractivity contribution is -0.782. The van der Waals surface area contributed by atoms with Crippen molar-refractivity contribution in [1.82, 2.24) is 15.4 Å². The Labute approximate surface area is 141 Å². The quantitative estimate of drug-likeness (QED) is 0.814. The molecule has 1 aromatic carbocycles. The van der Waals surface area contributed by atoms with Crippen LogP contribution < -0.4 is 10.2 Å². The first kappa shape index (κ1) is 16.7. The molecular weight excluding hydrogens is 308 g/mol. The zero-order chi connectivity index (χ0) is 16.9. The smallest absolute Gasteiger partial charge is 0.251 e. The van der Waals surface area contributed by atoms with Crippen molar-refractivity contribution < 1.29 is 14.3 Å². The molecule has 0 spiro atoms. The lowest BCUT2D eigenvalue weighted by Gasteiger charge is -2.32. The van der Waals surface area contributed by atoms with E-state index in [0.717, 1.165) is 13.0 Å². The van der Waals surface area contributed by atoms with Gasteiger partial charge in [-0.15, -0.1) is 0 Å². The van der Waals surface area contributed by atoms with Gasteiger partial charge in [0, 0.05) is 29.9 Å². The zero-order valence-corrected chi connectivity index (χ0v) is 14.0. The van der Waals surface area contributed by atoms with E-state index in [2.05, 4.69) is 26.9 Å². The second kappa shape index (κ2) is 7.61. The molecule has 1 N–H and O–H groups in total. The summed E-state index contributed by atoms with van der Waals surface area (Å²) in [5, 5.41) is 17.9. The van der Waals surface area contributed by atoms with Crippen LogP contribution in [0.4, 0.5) is 0 Å². The Kier molecular flexibility index (Phi) is 5.30. The molecule has 1 aliphatic heterocycles. The molecule has 0 aliphatic carbocycles. The van der Waals surface area contributed by atoms with E-state index in [9.17, 15) is 10.0 Å². The summed E-state index contributed by atoms with van der Waals surface area (Å²) in [6.45, 7) is 6.39. The summed E-state index contributed by atoms with van der Waals surface area (Å²) in [7, 11) is 0. The van der Waals surface area contributed by atoms with E-state index < -0.39 is 0 Å². The molecule has 0 saturated carbocycles. The molecule has 7 nitrogen and oxygen atoms in total. The summed E-state index contributed by atoms with van der Waals surface area (Å²) in [5.74, 6) is 0.515. The SMILES string of the molecule is CCCN1CCC[C@@H](CCNC(=O)c2ccc3c(c2)no[n+]3[O-])C1. The predicted molar refractivity (Wildman–Crippen MR) is 89.4 cm³/mol. The fourth-order valence-corrected chi connectivity index (χ4v) is 3.42. The highest BCUT2D eigenvalue weighted by atomic mass is 16.8. The van der Waals surface area contributed by atoms with Crippen LogP contribution in [0.2, 0.25) is 0 Å². The Morgan fingerprint density at radius 2 is 2.42 bits per heavy atom. The third-order valence-electron chi connectivity index (χ3n) is 4.63. The lowest BCUT2D eigenvalue weighted by atomic mass is 9.94. The van der Waals surface area contributed by atoms with Gasteiger partial charge in [-0.05, 0) is 61.7 Å². The fourth-order valence-electron chi connectivity index (χ4n) is 3.42. The molecule has 2 heterocycles. The highest BCUT2D eigenvalue weighted by Crippen LogP contribution is 2.19. The third-order valence-corrected chi connectivity index (χ3v) is 4.63. The van der Waals surface area contributed by atoms with E-state index >= 15 is 0 Å². The molecule has 3 rings (SSSR count). The molecular formula is C17H24N4O3. The van der Waals surface area contributed by atoms with Gasteiger partial charge in [0.05, 0.1) is 0 Å². The van der Waals surface area contributed by atoms with Gasteiger partial charge in [-0.25, -0.2) is 0 Å². The van der Waals surface area contributed by atoms with Gasteiger partial charge < -0.3 is 15.4 Å². The van der Waals surface area contributed by atoms with Gasteiger partial charge in [-0.3, -0.25) is 9.42 Å². The maximum atomic E-state index is 12.2. The number of fused-ring (bicyclic) bond motifs is 1. The first-order chi connectivity index (χ1) is 11.7. The van der Waals surface area contributed by atoms with Crippen molar-refractivity contribution >= 4 is 16.9 Å². The van der Waals surface area contributed by atoms with Crippen LogP contribution in [-0.2, 0) is 0 Å². The number of nitrogens with one attached hydrogen (secondary N) is 1. The lowest BCUT2D eigenvalue weighted by Crippen LogP contribution is -2.37. The average molecular weight is 332 g/mol. The minimum Gasteiger partial charge on any atom is -0.359 e. The first-order valence-electron chi connectivity index (χ1n) is 8.67. The van der Waals surface area contributed by atoms with Crippen LogP contribution in [0.25, 0.3) is 11.0 Å². The van der Waals surface area contributed by atoms with Crippen LogP contribution in [0, 0.1) is 11.1 Å². The van der Waals surface area contributed by atoms with E-state index in [1.807, 2.05) is 0 Å². The second-order valence-corrected chi connectivity index (χ2v) is 6.49. The fraction of sp³-hybridized carbons (Fsp3) is 0.588. The number of amides is 1. The summed E-state index contributed by atoms with van der Waals surface area (Å²) < 4.78 is 4.51. The van der Waals surface area contributed by atoms with E-state index in [-0.39, 0.29) is 5.91 Å². The molecule has 0 unspecified atom stereocenters. The summed E-state index contributed by atoms with van der Waals surface area (Å²) in [6, 6.07) is 4.75. The van der Waals surface area contributed by atoms with Crippen LogP contribution in [0.5, 0.6) is 0 Å². The molecule has 1 aliphatic rings. The molecule has 7 heteroatoms. The molecule has 1 aromatic heterocycles. The van der Waals surface area contributed by atoms with Gasteiger partial charge in [0.25, 0.3) is 5.91 Å². The highest BCUT2D eigenvalue weighted by Gasteiger charge is 2.19. The van der Waals surface area contributed by atoms with Crippen molar-refractivity contribution in [2.24, 2.45) is 5.92 Å². The summed E-state index contributed by atoms with van der Waals surface area (Å²) in [4.78, 5) is 15.1. The number of carbonyl (C=O) groups excluding carboxylic acids is 1. The van der Waals surface area contributed by atoms with Gasteiger partial charge >= 0.3 is 0 Å². The van der Waals surface area contributed by atoms with Crippen molar-refractivity contribution in [3.05, 3.63) is 29.0 Å². The maximum absolute atomic E-state index is 12.2. The van der Waals surface area contributed by atoms with E-state index in [4.69, 9.17) is 0 Å². The standard InChI is InChI=1S/C17H24N4O3/c1-2-9-20-10-3-4-13(12-20)7-8-18-17(22)14-5-6-16-15(11-14)19-24-21(16)23/h5-6,11,13H,2-4,7-10,12H2,1H3,(H,18,22)/t13-/m0/s1. The number of likely N-dealkylation sites (tertiary alicyclic amines) is 1. The van der Waals surface area contributed by atoms with Crippen LogP contribution in [0.3, 0.4) is 0 Å². The Morgan fingerprint density at radius 1 is 1.54 bits per heavy atom. The number of benzene rings is 1. The Morgan fingerprint density at radius 3 is 3.25 bits per heavy atom. The molecule has 1 fully saturated rings. The average Bonchev–Trinajstić information content (AvgIpc) is 2.96. The van der Waals surface area contributed by atoms with Gasteiger partial charge in [0.15, 0.2) is 0 Å². The van der Waals surface area contributed by atoms with Crippen LogP contribution in [0.1, 0.15) is 43.0 Å². The number of hydrogen-bond acceptors (Lipinski definition) is 5. The molecule has 24 heavy (non-hydrogen) atoms. The third kappa shape index (κ3) is 3.84. The second-order valence-electron chi connectivity index (χ2n) is 6.49. The van der Waals surface area contributed by atoms with Crippen molar-refractivity contribution in [3.8, 4) is 0 Å². The number of rotatable bonds is 6. The number of carbonyl (C=O) groups is 1. The van der Waals surface area contributed by atoms with Crippen LogP contribution >= 0.6 is 0 Å². The summed E-state index contributed by atoms with van der Waals surface area (Å²) in [5.41, 5.74) is 1.21. The van der Waals surface area contributed by atoms with Gasteiger partial charge in [0.2, 0.25) is 11.0 Å². The molecule has 1 atom stereocenters. The first-order valence-corrected chi connectivity index (χ1v) is 8.67. The van der Waals surface area contributed by atoms with Crippen molar-refractivity contribution in [3.63, 3.8) is 0 Å². The van der Waals surface area contributed by atoms with E-state index in [1.165, 1.54) is 32.4 Å². The topological polar surface area (TPSA) is 85.3 Å². The monoisotopic (exact) mass is 332 g/mol. The number of aromatic nitrogens is 2. The molecule has 1 amide bonds. The minimum atomic E-state index is -0.140. The van der Waals surface area contributed by atoms with Crippen molar-refractivity contribution in [1.29, 1.82) is 0 Å². The summed E-state index contributed by atoms with van der Waals surface area (Å²) in [6.07, 6.45) is 4.68. The van der Waals surface area contributed by atoms with Gasteiger partial charge in [-0.1, -0.05) is 6.92 Å². The molecule has 1 saturated heterocycles. The normalized spacial score (nSPS) is 18.8. The molecule has 130 valence electrons. The number of piperidine rings is 1. The Hall–Kier alpha value is -2.15. The maximum Gasteiger partial charge on any atom is 0.251 e. The van der Waals surface area contributed by atoms with Crippen molar-refractivity contribution in [2.45, 2.75) is 32.6 Å². The van der Waals surface area contributed by atoms with E-state index in [0.29, 0.717) is 34.0 Å². The number of nitrogens with zero attached hydrogens (tertiary/aromatic N) is 3. The van der Waals surface area contributed by atoms with E-state index in [1.54, 1.807) is 18.2 Å². The Bertz CT molecular complexity index is 698. The van der Waals surface area contributed by atoms with Gasteiger partial charge in [-0.2, -0.15) is 0 Å². The van der Waals surface area contributed by atoms with Gasteiger partial charge in [0.1, 0.15) is 0 Å². The largest absolute Gasteiger partial charge is 0.359 e. The highest BCUT2D eigenvalue weighted by molar-refractivity contribution is 5.96. The molecule has 0 radical (unpaired) electrons. The summed E-state index contributed by atoms with van der Waals surface area (Å²) >= 11 is 0. The van der Waals surface area contributed by atoms with Crippen LogP contribution in [-0.4, -0.2) is 42.1 Å². The molecule has 0 bridgehead atoms.